The predicted octanol–water partition coefficient (Wildman–Crippen LogP) is 4.36. The Bertz CT molecular complexity index is 840. The minimum Gasteiger partial charge on any atom is -0.484 e. The molecule has 0 heterocycles. The number of aryl methyl sites for hydroxylation is 1. The Kier molecular flexibility index (Phi) is 8.52. The summed E-state index contributed by atoms with van der Waals surface area (Å²) < 4.78 is 5.67. The zero-order chi connectivity index (χ0) is 21.4. The highest BCUT2D eigenvalue weighted by Crippen LogP contribution is 2.19. The van der Waals surface area contributed by atoms with Crippen molar-refractivity contribution in [2.75, 3.05) is 6.61 Å². The minimum absolute atomic E-state index is 0.0331. The van der Waals surface area contributed by atoms with E-state index in [0.29, 0.717) is 10.8 Å². The molecule has 0 saturated carbocycles. The van der Waals surface area contributed by atoms with Gasteiger partial charge in [-0.2, -0.15) is 0 Å². The Labute approximate surface area is 178 Å². The van der Waals surface area contributed by atoms with Gasteiger partial charge in [0.05, 0.1) is 0 Å². The average molecular weight is 417 g/mol. The number of hydrogen-bond acceptors (Lipinski definition) is 3. The van der Waals surface area contributed by atoms with Crippen LogP contribution in [-0.4, -0.2) is 35.4 Å². The predicted molar refractivity (Wildman–Crippen MR) is 116 cm³/mol. The monoisotopic (exact) mass is 416 g/mol. The summed E-state index contributed by atoms with van der Waals surface area (Å²) in [7, 11) is 0. The van der Waals surface area contributed by atoms with Gasteiger partial charge in [0.1, 0.15) is 11.8 Å². The molecule has 0 radical (unpaired) electrons. The van der Waals surface area contributed by atoms with Gasteiger partial charge >= 0.3 is 0 Å². The van der Waals surface area contributed by atoms with Gasteiger partial charge in [-0.25, -0.2) is 0 Å². The quantitative estimate of drug-likeness (QED) is 0.660. The molecule has 0 spiro atoms. The molecular weight excluding hydrogens is 388 g/mol. The van der Waals surface area contributed by atoms with Crippen molar-refractivity contribution in [2.24, 2.45) is 0 Å². The van der Waals surface area contributed by atoms with Crippen LogP contribution in [-0.2, 0) is 16.1 Å². The lowest BCUT2D eigenvalue weighted by Crippen LogP contribution is -2.50. The summed E-state index contributed by atoms with van der Waals surface area (Å²) in [5, 5.41) is 3.49. The first-order chi connectivity index (χ1) is 13.8. The molecule has 0 aliphatic heterocycles. The molecule has 2 aromatic carbocycles. The number of benzene rings is 2. The molecule has 2 rings (SSSR count). The fourth-order valence-corrected chi connectivity index (χ4v) is 2.99. The van der Waals surface area contributed by atoms with Crippen LogP contribution < -0.4 is 10.1 Å². The fourth-order valence-electron chi connectivity index (χ4n) is 2.79. The summed E-state index contributed by atoms with van der Waals surface area (Å²) in [6.45, 7) is 7.68. The van der Waals surface area contributed by atoms with E-state index in [4.69, 9.17) is 16.3 Å². The Balaban J connectivity index is 2.17. The first kappa shape index (κ1) is 22.8. The van der Waals surface area contributed by atoms with E-state index < -0.39 is 6.04 Å². The van der Waals surface area contributed by atoms with E-state index in [0.717, 1.165) is 17.5 Å². The van der Waals surface area contributed by atoms with Crippen molar-refractivity contribution in [1.82, 2.24) is 10.2 Å². The van der Waals surface area contributed by atoms with Crippen LogP contribution in [0, 0.1) is 6.92 Å². The second kappa shape index (κ2) is 10.9. The Morgan fingerprint density at radius 2 is 1.86 bits per heavy atom. The smallest absolute Gasteiger partial charge is 0.261 e. The van der Waals surface area contributed by atoms with Crippen LogP contribution in [0.15, 0.2) is 48.5 Å². The van der Waals surface area contributed by atoms with E-state index in [1.54, 1.807) is 19.1 Å². The third kappa shape index (κ3) is 6.79. The normalized spacial score (nSPS) is 12.7. The van der Waals surface area contributed by atoms with Crippen molar-refractivity contribution in [3.8, 4) is 5.75 Å². The van der Waals surface area contributed by atoms with Crippen LogP contribution in [0.2, 0.25) is 5.02 Å². The zero-order valence-corrected chi connectivity index (χ0v) is 18.2. The molecule has 0 bridgehead atoms. The maximum atomic E-state index is 13.0. The lowest BCUT2D eigenvalue weighted by Gasteiger charge is -2.30. The molecule has 0 unspecified atom stereocenters. The van der Waals surface area contributed by atoms with Crippen molar-refractivity contribution in [1.29, 1.82) is 0 Å². The van der Waals surface area contributed by atoms with E-state index in [1.165, 1.54) is 4.90 Å². The summed E-state index contributed by atoms with van der Waals surface area (Å²) in [6.07, 6.45) is 0.813. The maximum Gasteiger partial charge on any atom is 0.261 e. The fraction of sp³-hybridized carbons (Fsp3) is 0.391. The molecule has 2 amide bonds. The first-order valence-corrected chi connectivity index (χ1v) is 10.2. The molecule has 0 saturated heterocycles. The van der Waals surface area contributed by atoms with Crippen LogP contribution in [0.25, 0.3) is 0 Å². The number of carbonyl (C=O) groups excluding carboxylic acids is 2. The molecule has 5 nitrogen and oxygen atoms in total. The van der Waals surface area contributed by atoms with Gasteiger partial charge in [0, 0.05) is 17.6 Å². The van der Waals surface area contributed by atoms with E-state index in [1.807, 2.05) is 57.2 Å². The van der Waals surface area contributed by atoms with Crippen LogP contribution in [0.4, 0.5) is 0 Å². The molecule has 1 N–H and O–H groups in total. The average Bonchev–Trinajstić information content (AvgIpc) is 2.70. The van der Waals surface area contributed by atoms with Gasteiger partial charge in [-0.15, -0.1) is 0 Å². The van der Waals surface area contributed by atoms with Crippen LogP contribution in [0.3, 0.4) is 0 Å². The van der Waals surface area contributed by atoms with Gasteiger partial charge in [-0.3, -0.25) is 9.59 Å². The van der Waals surface area contributed by atoms with Gasteiger partial charge < -0.3 is 15.0 Å². The first-order valence-electron chi connectivity index (χ1n) is 9.84. The molecule has 29 heavy (non-hydrogen) atoms. The van der Waals surface area contributed by atoms with Crippen molar-refractivity contribution < 1.29 is 14.3 Å². The topological polar surface area (TPSA) is 58.6 Å². The molecule has 2 aromatic rings. The van der Waals surface area contributed by atoms with Gasteiger partial charge in [0.2, 0.25) is 5.91 Å². The summed E-state index contributed by atoms with van der Waals surface area (Å²) in [4.78, 5) is 27.2. The Morgan fingerprint density at radius 1 is 1.14 bits per heavy atom. The third-order valence-electron chi connectivity index (χ3n) is 4.82. The summed E-state index contributed by atoms with van der Waals surface area (Å²) in [6, 6.07) is 14.2. The molecule has 0 aliphatic carbocycles. The summed E-state index contributed by atoms with van der Waals surface area (Å²) >= 11 is 6.28. The number of carbonyl (C=O) groups is 2. The molecule has 0 aliphatic rings. The second-order valence-corrected chi connectivity index (χ2v) is 7.62. The van der Waals surface area contributed by atoms with Gasteiger partial charge in [-0.1, -0.05) is 48.9 Å². The summed E-state index contributed by atoms with van der Waals surface area (Å²) in [5.41, 5.74) is 1.82. The van der Waals surface area contributed by atoms with Crippen LogP contribution >= 0.6 is 11.6 Å². The second-order valence-electron chi connectivity index (χ2n) is 7.21. The number of halogens is 1. The maximum absolute atomic E-state index is 13.0. The van der Waals surface area contributed by atoms with Crippen molar-refractivity contribution in [3.05, 3.63) is 64.7 Å². The SMILES string of the molecule is CC[C@H](C)NC(=O)[C@@H](C)N(Cc1ccccc1Cl)C(=O)COc1cccc(C)c1. The molecule has 2 atom stereocenters. The number of nitrogens with zero attached hydrogens (tertiary/aromatic N) is 1. The third-order valence-corrected chi connectivity index (χ3v) is 5.19. The lowest BCUT2D eigenvalue weighted by molar-refractivity contribution is -0.142. The molecule has 0 fully saturated rings. The van der Waals surface area contributed by atoms with Gasteiger partial charge in [0.15, 0.2) is 6.61 Å². The number of amides is 2. The Morgan fingerprint density at radius 3 is 2.52 bits per heavy atom. The van der Waals surface area contributed by atoms with E-state index in [-0.39, 0.29) is 31.0 Å². The van der Waals surface area contributed by atoms with Crippen LogP contribution in [0.1, 0.15) is 38.3 Å². The largest absolute Gasteiger partial charge is 0.484 e. The van der Waals surface area contributed by atoms with Crippen LogP contribution in [0.5, 0.6) is 5.75 Å². The molecule has 156 valence electrons. The van der Waals surface area contributed by atoms with Crippen molar-refractivity contribution >= 4 is 23.4 Å². The highest BCUT2D eigenvalue weighted by atomic mass is 35.5. The summed E-state index contributed by atoms with van der Waals surface area (Å²) in [5.74, 6) is 0.140. The number of ether oxygens (including phenoxy) is 1. The standard InChI is InChI=1S/C23H29ClN2O3/c1-5-17(3)25-23(28)18(4)26(14-19-10-6-7-12-21(19)24)22(27)15-29-20-11-8-9-16(2)13-20/h6-13,17-18H,5,14-15H2,1-4H3,(H,25,28)/t17-,18+/m0/s1. The molecule has 0 aromatic heterocycles. The zero-order valence-electron chi connectivity index (χ0n) is 17.4. The molecule has 6 heteroatoms. The highest BCUT2D eigenvalue weighted by molar-refractivity contribution is 6.31. The van der Waals surface area contributed by atoms with Gasteiger partial charge in [0.25, 0.3) is 5.91 Å². The number of rotatable bonds is 9. The lowest BCUT2D eigenvalue weighted by atomic mass is 10.1. The minimum atomic E-state index is -0.658. The van der Waals surface area contributed by atoms with E-state index in [2.05, 4.69) is 5.32 Å². The van der Waals surface area contributed by atoms with Crippen molar-refractivity contribution in [3.63, 3.8) is 0 Å². The Hall–Kier alpha value is -2.53. The van der Waals surface area contributed by atoms with E-state index in [9.17, 15) is 9.59 Å². The molecular formula is C23H29ClN2O3. The van der Waals surface area contributed by atoms with E-state index >= 15 is 0 Å². The number of hydrogen-bond donors (Lipinski definition) is 1. The van der Waals surface area contributed by atoms with Gasteiger partial charge in [-0.05, 0) is 56.5 Å². The van der Waals surface area contributed by atoms with Crippen molar-refractivity contribution in [2.45, 2.75) is 52.7 Å². The number of nitrogens with one attached hydrogen (secondary N) is 1. The highest BCUT2D eigenvalue weighted by Gasteiger charge is 2.27.